The molecule has 0 spiro atoms. The molecule has 1 aliphatic heterocycles. The first kappa shape index (κ1) is 29.1. The zero-order valence-corrected chi connectivity index (χ0v) is 23.0. The van der Waals surface area contributed by atoms with Crippen molar-refractivity contribution in [2.75, 3.05) is 32.1 Å². The van der Waals surface area contributed by atoms with Crippen LogP contribution in [0.25, 0.3) is 11.3 Å². The highest BCUT2D eigenvalue weighted by Crippen LogP contribution is 2.31. The van der Waals surface area contributed by atoms with E-state index in [1.807, 2.05) is 31.2 Å². The van der Waals surface area contributed by atoms with E-state index in [1.54, 1.807) is 35.0 Å². The minimum Gasteiger partial charge on any atom is -0.439 e. The standard InChI is InChI=1S/C27H33F3N4O4S/c1-4-34-25(38-23-10-8-20(9-11-23)18-33-12-14-37-15-13-33)17-24(31-34)21-6-5-7-22(16-21)26(2,3)32-39(35,36)19-27(28,29)30/h5-11,16-17,32H,4,12-15,18-19H2,1-3H3. The second-order valence-electron chi connectivity index (χ2n) is 10.0. The molecule has 1 N–H and O–H groups in total. The van der Waals surface area contributed by atoms with Crippen molar-refractivity contribution in [2.24, 2.45) is 0 Å². The predicted molar refractivity (Wildman–Crippen MR) is 142 cm³/mol. The van der Waals surface area contributed by atoms with Gasteiger partial charge >= 0.3 is 6.18 Å². The summed E-state index contributed by atoms with van der Waals surface area (Å²) in [6, 6.07) is 16.6. The van der Waals surface area contributed by atoms with Crippen molar-refractivity contribution in [3.8, 4) is 22.9 Å². The third-order valence-corrected chi connectivity index (χ3v) is 7.87. The van der Waals surface area contributed by atoms with Crippen LogP contribution in [0.15, 0.2) is 54.6 Å². The second kappa shape index (κ2) is 11.7. The molecule has 212 valence electrons. The number of aryl methyl sites for hydroxylation is 1. The predicted octanol–water partition coefficient (Wildman–Crippen LogP) is 4.91. The SMILES string of the molecule is CCn1nc(-c2cccc(C(C)(C)NS(=O)(=O)CC(F)(F)F)c2)cc1Oc1ccc(CN2CCOCC2)cc1. The van der Waals surface area contributed by atoms with E-state index in [4.69, 9.17) is 9.47 Å². The number of nitrogens with zero attached hydrogens (tertiary/aromatic N) is 3. The number of hydrogen-bond acceptors (Lipinski definition) is 6. The number of rotatable bonds is 10. The Balaban J connectivity index is 1.49. The number of aromatic nitrogens is 2. The van der Waals surface area contributed by atoms with Gasteiger partial charge in [0.15, 0.2) is 5.75 Å². The van der Waals surface area contributed by atoms with Crippen LogP contribution in [0.1, 0.15) is 31.9 Å². The molecule has 0 bridgehead atoms. The lowest BCUT2D eigenvalue weighted by atomic mass is 9.93. The number of nitrogens with one attached hydrogen (secondary N) is 1. The molecule has 0 saturated carbocycles. The Bertz CT molecular complexity index is 1370. The molecular formula is C27H33F3N4O4S. The van der Waals surface area contributed by atoms with Crippen molar-refractivity contribution in [3.63, 3.8) is 0 Å². The van der Waals surface area contributed by atoms with Gasteiger partial charge in [0, 0.05) is 37.8 Å². The van der Waals surface area contributed by atoms with Crippen molar-refractivity contribution < 1.29 is 31.1 Å². The van der Waals surface area contributed by atoms with E-state index in [1.165, 1.54) is 19.4 Å². The average molecular weight is 567 g/mol. The Morgan fingerprint density at radius 1 is 1.05 bits per heavy atom. The molecular weight excluding hydrogens is 533 g/mol. The molecule has 12 heteroatoms. The molecule has 2 heterocycles. The van der Waals surface area contributed by atoms with E-state index in [0.717, 1.165) is 32.8 Å². The normalized spacial score (nSPS) is 15.4. The highest BCUT2D eigenvalue weighted by atomic mass is 32.2. The molecule has 1 aromatic heterocycles. The molecule has 8 nitrogen and oxygen atoms in total. The number of hydrogen-bond donors (Lipinski definition) is 1. The molecule has 2 aromatic carbocycles. The lowest BCUT2D eigenvalue weighted by Crippen LogP contribution is -2.44. The minimum atomic E-state index is -4.84. The van der Waals surface area contributed by atoms with Gasteiger partial charge in [-0.25, -0.2) is 17.8 Å². The maximum Gasteiger partial charge on any atom is 0.404 e. The van der Waals surface area contributed by atoms with E-state index < -0.39 is 27.5 Å². The van der Waals surface area contributed by atoms with Crippen LogP contribution in [-0.2, 0) is 33.4 Å². The maximum absolute atomic E-state index is 12.7. The number of alkyl halides is 3. The van der Waals surface area contributed by atoms with Crippen molar-refractivity contribution >= 4 is 10.0 Å². The first-order valence-corrected chi connectivity index (χ1v) is 14.3. The summed E-state index contributed by atoms with van der Waals surface area (Å²) in [5, 5.41) is 4.62. The van der Waals surface area contributed by atoms with Crippen molar-refractivity contribution in [1.29, 1.82) is 0 Å². The second-order valence-corrected chi connectivity index (χ2v) is 11.7. The molecule has 0 aliphatic carbocycles. The molecule has 0 atom stereocenters. The molecule has 1 fully saturated rings. The Morgan fingerprint density at radius 2 is 1.74 bits per heavy atom. The van der Waals surface area contributed by atoms with E-state index in [9.17, 15) is 21.6 Å². The van der Waals surface area contributed by atoms with Gasteiger partial charge in [0.1, 0.15) is 5.75 Å². The highest BCUT2D eigenvalue weighted by molar-refractivity contribution is 7.89. The third kappa shape index (κ3) is 8.04. The van der Waals surface area contributed by atoms with Crippen LogP contribution in [0.5, 0.6) is 11.6 Å². The molecule has 3 aromatic rings. The molecule has 1 saturated heterocycles. The van der Waals surface area contributed by atoms with Gasteiger partial charge in [-0.1, -0.05) is 30.3 Å². The largest absolute Gasteiger partial charge is 0.439 e. The van der Waals surface area contributed by atoms with Gasteiger partial charge in [0.25, 0.3) is 0 Å². The smallest absolute Gasteiger partial charge is 0.404 e. The zero-order chi connectivity index (χ0) is 28.3. The Labute approximate surface area is 226 Å². The number of morpholine rings is 1. The minimum absolute atomic E-state index is 0.495. The van der Waals surface area contributed by atoms with Crippen LogP contribution in [0, 0.1) is 0 Å². The van der Waals surface area contributed by atoms with Gasteiger partial charge in [0.2, 0.25) is 15.9 Å². The van der Waals surface area contributed by atoms with Gasteiger partial charge in [-0.3, -0.25) is 4.90 Å². The summed E-state index contributed by atoms with van der Waals surface area (Å²) in [6.07, 6.45) is -4.84. The first-order chi connectivity index (χ1) is 18.3. The Kier molecular flexibility index (Phi) is 8.69. The third-order valence-electron chi connectivity index (χ3n) is 6.34. The van der Waals surface area contributed by atoms with Gasteiger partial charge in [-0.05, 0) is 50.1 Å². The molecule has 39 heavy (non-hydrogen) atoms. The van der Waals surface area contributed by atoms with E-state index in [-0.39, 0.29) is 0 Å². The fourth-order valence-electron chi connectivity index (χ4n) is 4.42. The molecule has 0 amide bonds. The fraction of sp³-hybridized carbons (Fsp3) is 0.444. The summed E-state index contributed by atoms with van der Waals surface area (Å²) in [5.41, 5.74) is 1.66. The van der Waals surface area contributed by atoms with E-state index in [2.05, 4.69) is 14.7 Å². The number of sulfonamides is 1. The number of ether oxygens (including phenoxy) is 2. The average Bonchev–Trinajstić information content (AvgIpc) is 3.26. The van der Waals surface area contributed by atoms with Crippen LogP contribution in [0.4, 0.5) is 13.2 Å². The molecule has 0 radical (unpaired) electrons. The maximum atomic E-state index is 12.7. The van der Waals surface area contributed by atoms with E-state index in [0.29, 0.717) is 35.0 Å². The van der Waals surface area contributed by atoms with Gasteiger partial charge in [-0.15, -0.1) is 0 Å². The first-order valence-electron chi connectivity index (χ1n) is 12.7. The lowest BCUT2D eigenvalue weighted by Gasteiger charge is -2.27. The molecule has 0 unspecified atom stereocenters. The number of benzene rings is 2. The molecule has 4 rings (SSSR count). The summed E-state index contributed by atoms with van der Waals surface area (Å²) in [4.78, 5) is 2.34. The van der Waals surface area contributed by atoms with Gasteiger partial charge in [0.05, 0.1) is 24.4 Å². The summed E-state index contributed by atoms with van der Waals surface area (Å²) >= 11 is 0. The quantitative estimate of drug-likeness (QED) is 0.375. The van der Waals surface area contributed by atoms with Crippen LogP contribution >= 0.6 is 0 Å². The van der Waals surface area contributed by atoms with Crippen LogP contribution in [-0.4, -0.2) is 61.3 Å². The summed E-state index contributed by atoms with van der Waals surface area (Å²) in [7, 11) is -4.60. The highest BCUT2D eigenvalue weighted by Gasteiger charge is 2.38. The van der Waals surface area contributed by atoms with Crippen molar-refractivity contribution in [2.45, 2.75) is 45.6 Å². The monoisotopic (exact) mass is 566 g/mol. The summed E-state index contributed by atoms with van der Waals surface area (Å²) in [6.45, 7) is 9.68. The lowest BCUT2D eigenvalue weighted by molar-refractivity contribution is -0.106. The summed E-state index contributed by atoms with van der Waals surface area (Å²) in [5.74, 6) is -0.751. The Morgan fingerprint density at radius 3 is 2.38 bits per heavy atom. The number of halogens is 3. The topological polar surface area (TPSA) is 85.7 Å². The fourth-order valence-corrected chi connectivity index (χ4v) is 5.82. The van der Waals surface area contributed by atoms with Crippen molar-refractivity contribution in [3.05, 3.63) is 65.7 Å². The zero-order valence-electron chi connectivity index (χ0n) is 22.2. The van der Waals surface area contributed by atoms with Crippen LogP contribution in [0.2, 0.25) is 0 Å². The van der Waals surface area contributed by atoms with Crippen LogP contribution < -0.4 is 9.46 Å². The molecule has 1 aliphatic rings. The van der Waals surface area contributed by atoms with Crippen molar-refractivity contribution in [1.82, 2.24) is 19.4 Å². The van der Waals surface area contributed by atoms with E-state index >= 15 is 0 Å². The Hall–Kier alpha value is -2.93. The van der Waals surface area contributed by atoms with Gasteiger partial charge in [-0.2, -0.15) is 18.3 Å². The van der Waals surface area contributed by atoms with Crippen LogP contribution in [0.3, 0.4) is 0 Å². The van der Waals surface area contributed by atoms with Gasteiger partial charge < -0.3 is 9.47 Å². The summed E-state index contributed by atoms with van der Waals surface area (Å²) < 4.78 is 77.7.